The molecule has 7 heteroatoms. The van der Waals surface area contributed by atoms with Crippen molar-refractivity contribution < 1.29 is 52.6 Å². The Morgan fingerprint density at radius 2 is 2.16 bits per heavy atom. The van der Waals surface area contributed by atoms with Gasteiger partial charge in [-0.3, -0.25) is 9.59 Å². The highest BCUT2D eigenvalue weighted by atomic mass is 127. The van der Waals surface area contributed by atoms with E-state index < -0.39 is 17.1 Å². The molecule has 2 fully saturated rings. The Kier molecular flexibility index (Phi) is 5.34. The van der Waals surface area contributed by atoms with E-state index in [9.17, 15) is 14.7 Å². The van der Waals surface area contributed by atoms with Gasteiger partial charge in [0.1, 0.15) is 11.6 Å². The first kappa shape index (κ1) is 22.7. The number of halogens is 1. The van der Waals surface area contributed by atoms with Gasteiger partial charge in [-0.2, -0.15) is 0 Å². The molecule has 1 aromatic rings. The average molecular weight is 539 g/mol. The van der Waals surface area contributed by atoms with Crippen LogP contribution in [0.1, 0.15) is 44.2 Å². The Morgan fingerprint density at radius 1 is 1.42 bits per heavy atom. The van der Waals surface area contributed by atoms with Crippen molar-refractivity contribution in [2.24, 2.45) is 5.92 Å². The number of benzene rings is 1. The van der Waals surface area contributed by atoms with Crippen LogP contribution in [0.3, 0.4) is 0 Å². The van der Waals surface area contributed by atoms with E-state index >= 15 is 0 Å². The topological polar surface area (TPSA) is 72.8 Å². The lowest BCUT2D eigenvalue weighted by Crippen LogP contribution is -3.00. The zero-order valence-corrected chi connectivity index (χ0v) is 20.5. The molecule has 1 spiro atoms. The van der Waals surface area contributed by atoms with Crippen LogP contribution in [0, 0.1) is 5.92 Å². The molecule has 2 aliphatic heterocycles. The van der Waals surface area contributed by atoms with Gasteiger partial charge in [-0.25, -0.2) is 0 Å². The van der Waals surface area contributed by atoms with Crippen LogP contribution in [-0.4, -0.2) is 59.2 Å². The van der Waals surface area contributed by atoms with E-state index in [0.717, 1.165) is 24.2 Å². The van der Waals surface area contributed by atoms with Gasteiger partial charge in [-0.05, 0) is 24.1 Å². The molecule has 1 aromatic carbocycles. The number of Topliss-reactive ketones (excluding diaryl/α,β-unsaturated/α-hetero) is 1. The molecular weight excluding hydrogens is 509 g/mol. The van der Waals surface area contributed by atoms with Gasteiger partial charge in [0.2, 0.25) is 0 Å². The van der Waals surface area contributed by atoms with Gasteiger partial charge in [-0.15, -0.1) is 0 Å². The van der Waals surface area contributed by atoms with Crippen LogP contribution in [0.15, 0.2) is 24.8 Å². The van der Waals surface area contributed by atoms with Gasteiger partial charge < -0.3 is 43.0 Å². The standard InChI is InChI=1S/C24H30NO5.HI/c1-5-11-25(4)12-10-23-19-15-6-7-17(29-22(27)14(2)3)20(19)30-21(23)16(26)8-9-24(23,28)18(25)13-15;/h5-7,14,18,21,28H,1,8-13H2,2-4H3;1H/q+1;/p-1/t18-,21+,23+,24-,25?;/m1./s1. The fraction of sp³-hybridized carbons (Fsp3) is 0.583. The summed E-state index contributed by atoms with van der Waals surface area (Å²) in [5.41, 5.74) is 0.183. The van der Waals surface area contributed by atoms with Crippen molar-refractivity contribution in [1.29, 1.82) is 0 Å². The molecule has 1 N–H and O–H groups in total. The van der Waals surface area contributed by atoms with Crippen molar-refractivity contribution in [3.8, 4) is 11.5 Å². The zero-order chi connectivity index (χ0) is 21.5. The molecule has 0 radical (unpaired) electrons. The van der Waals surface area contributed by atoms with Gasteiger partial charge in [0, 0.05) is 24.8 Å². The lowest BCUT2D eigenvalue weighted by atomic mass is 9.48. The summed E-state index contributed by atoms with van der Waals surface area (Å²) >= 11 is 0. The average Bonchev–Trinajstić information content (AvgIpc) is 3.05. The highest BCUT2D eigenvalue weighted by Gasteiger charge is 2.76. The third kappa shape index (κ3) is 2.75. The number of hydrogen-bond donors (Lipinski definition) is 1. The number of ketones is 1. The molecule has 5 atom stereocenters. The third-order valence-corrected chi connectivity index (χ3v) is 8.12. The second-order valence-electron chi connectivity index (χ2n) is 10.0. The number of nitrogens with zero attached hydrogens (tertiary/aromatic N) is 1. The van der Waals surface area contributed by atoms with Crippen molar-refractivity contribution in [2.45, 2.75) is 62.7 Å². The maximum absolute atomic E-state index is 13.0. The summed E-state index contributed by atoms with van der Waals surface area (Å²) in [5, 5.41) is 12.3. The van der Waals surface area contributed by atoms with E-state index in [-0.39, 0.29) is 47.7 Å². The number of piperidine rings is 1. The van der Waals surface area contributed by atoms with E-state index in [1.807, 2.05) is 12.1 Å². The third-order valence-electron chi connectivity index (χ3n) is 8.12. The second kappa shape index (κ2) is 7.28. The van der Waals surface area contributed by atoms with Crippen LogP contribution in [0.4, 0.5) is 0 Å². The molecule has 2 heterocycles. The van der Waals surface area contributed by atoms with Crippen molar-refractivity contribution in [2.75, 3.05) is 20.1 Å². The molecule has 2 bridgehead atoms. The Hall–Kier alpha value is -1.45. The molecule has 1 saturated heterocycles. The van der Waals surface area contributed by atoms with Crippen LogP contribution in [0.2, 0.25) is 0 Å². The van der Waals surface area contributed by atoms with Crippen molar-refractivity contribution in [3.63, 3.8) is 0 Å². The summed E-state index contributed by atoms with van der Waals surface area (Å²) in [7, 11) is 2.18. The van der Waals surface area contributed by atoms with E-state index in [1.54, 1.807) is 19.9 Å². The molecule has 2 aliphatic carbocycles. The van der Waals surface area contributed by atoms with Crippen molar-refractivity contribution in [1.82, 2.24) is 0 Å². The summed E-state index contributed by atoms with van der Waals surface area (Å²) in [4.78, 5) is 25.3. The number of carbonyl (C=O) groups is 2. The molecule has 6 nitrogen and oxygen atoms in total. The minimum absolute atomic E-state index is 0. The van der Waals surface area contributed by atoms with Crippen LogP contribution in [0.25, 0.3) is 0 Å². The van der Waals surface area contributed by atoms with Gasteiger partial charge in [0.05, 0.1) is 31.5 Å². The fourth-order valence-electron chi connectivity index (χ4n) is 6.64. The van der Waals surface area contributed by atoms with E-state index in [1.165, 1.54) is 0 Å². The smallest absolute Gasteiger partial charge is 0.313 e. The molecular formula is C24H30INO5. The van der Waals surface area contributed by atoms with Crippen LogP contribution >= 0.6 is 0 Å². The molecule has 4 aliphatic rings. The predicted molar refractivity (Wildman–Crippen MR) is 110 cm³/mol. The van der Waals surface area contributed by atoms with E-state index in [0.29, 0.717) is 41.7 Å². The first-order valence-electron chi connectivity index (χ1n) is 10.9. The molecule has 31 heavy (non-hydrogen) atoms. The quantitative estimate of drug-likeness (QED) is 0.180. The van der Waals surface area contributed by atoms with Crippen molar-refractivity contribution >= 4 is 11.8 Å². The molecule has 0 aromatic heterocycles. The lowest BCUT2D eigenvalue weighted by Gasteiger charge is -2.64. The Morgan fingerprint density at radius 3 is 2.84 bits per heavy atom. The summed E-state index contributed by atoms with van der Waals surface area (Å²) in [6, 6.07) is 3.74. The SMILES string of the molecule is C=CC[N+]1(C)CC[C@]23c4c5ccc(OC(=O)C(C)C)c4O[C@H]2C(=O)CC[C@@]3(O)[C@H]1C5.[I-]. The molecule has 168 valence electrons. The highest BCUT2D eigenvalue weighted by Crippen LogP contribution is 2.65. The van der Waals surface area contributed by atoms with E-state index in [2.05, 4.69) is 13.6 Å². The number of hydrogen-bond acceptors (Lipinski definition) is 5. The Bertz CT molecular complexity index is 977. The van der Waals surface area contributed by atoms with Crippen LogP contribution in [-0.2, 0) is 21.4 Å². The number of ether oxygens (including phenoxy) is 2. The number of aliphatic hydroxyl groups is 1. The fourth-order valence-corrected chi connectivity index (χ4v) is 6.64. The van der Waals surface area contributed by atoms with Crippen LogP contribution in [0.5, 0.6) is 11.5 Å². The van der Waals surface area contributed by atoms with Gasteiger partial charge in [0.25, 0.3) is 0 Å². The highest BCUT2D eigenvalue weighted by molar-refractivity contribution is 5.90. The zero-order valence-electron chi connectivity index (χ0n) is 18.3. The second-order valence-corrected chi connectivity index (χ2v) is 10.0. The van der Waals surface area contributed by atoms with Gasteiger partial charge in [0.15, 0.2) is 23.4 Å². The lowest BCUT2D eigenvalue weighted by molar-refractivity contribution is -0.944. The Labute approximate surface area is 200 Å². The molecule has 5 rings (SSSR count). The minimum atomic E-state index is -1.04. The molecule has 1 unspecified atom stereocenters. The van der Waals surface area contributed by atoms with Gasteiger partial charge >= 0.3 is 5.97 Å². The summed E-state index contributed by atoms with van der Waals surface area (Å²) < 4.78 is 12.6. The van der Waals surface area contributed by atoms with Gasteiger partial charge in [-0.1, -0.05) is 26.5 Å². The number of likely N-dealkylation sites (N-methyl/N-ethyl adjacent to an activating group) is 1. The largest absolute Gasteiger partial charge is 1.00 e. The maximum atomic E-state index is 13.0. The predicted octanol–water partition coefficient (Wildman–Crippen LogP) is -0.694. The number of rotatable bonds is 4. The van der Waals surface area contributed by atoms with Crippen molar-refractivity contribution in [3.05, 3.63) is 35.9 Å². The monoisotopic (exact) mass is 539 g/mol. The molecule has 0 amide bonds. The first-order valence-corrected chi connectivity index (χ1v) is 10.9. The maximum Gasteiger partial charge on any atom is 0.313 e. The number of carbonyl (C=O) groups excluding carboxylic acids is 2. The Balaban J connectivity index is 0.00000231. The van der Waals surface area contributed by atoms with E-state index in [4.69, 9.17) is 9.47 Å². The summed E-state index contributed by atoms with van der Waals surface area (Å²) in [6.07, 6.45) is 3.31. The number of quaternary nitrogens is 1. The summed E-state index contributed by atoms with van der Waals surface area (Å²) in [6.45, 7) is 9.12. The van der Waals surface area contributed by atoms with Crippen LogP contribution < -0.4 is 33.5 Å². The normalized spacial score (nSPS) is 36.9. The molecule has 1 saturated carbocycles. The number of likely N-dealkylation sites (tertiary alicyclic amines) is 1. The minimum Gasteiger partial charge on any atom is -1.00 e. The first-order chi connectivity index (χ1) is 14.2. The summed E-state index contributed by atoms with van der Waals surface area (Å²) in [5.74, 6) is 0.265. The number of esters is 1.